The van der Waals surface area contributed by atoms with Gasteiger partial charge in [0.2, 0.25) is 0 Å². The second-order valence-electron chi connectivity index (χ2n) is 9.23. The molecule has 4 aromatic rings. The molecule has 1 N–H and O–H groups in total. The van der Waals surface area contributed by atoms with Crippen LogP contribution in [0.1, 0.15) is 49.1 Å². The SMILES string of the molecule is CCCCc1cc(=O)oc2cc(C)cc(O[C@H](C)C(=O)N3CCc4c([nH]c5ccccc45)C3)c12. The maximum absolute atomic E-state index is 13.4. The first-order valence-electron chi connectivity index (χ1n) is 12.1. The molecule has 0 bridgehead atoms. The topological polar surface area (TPSA) is 75.5 Å². The van der Waals surface area contributed by atoms with Crippen LogP contribution in [0.4, 0.5) is 0 Å². The first-order chi connectivity index (χ1) is 16.4. The Morgan fingerprint density at radius 1 is 1.24 bits per heavy atom. The minimum atomic E-state index is -0.665. The van der Waals surface area contributed by atoms with Gasteiger partial charge < -0.3 is 19.0 Å². The Kier molecular flexibility index (Phi) is 5.90. The molecule has 176 valence electrons. The molecule has 0 saturated carbocycles. The average molecular weight is 459 g/mol. The zero-order chi connectivity index (χ0) is 23.8. The van der Waals surface area contributed by atoms with Crippen LogP contribution < -0.4 is 10.4 Å². The molecule has 34 heavy (non-hydrogen) atoms. The zero-order valence-corrected chi connectivity index (χ0v) is 19.9. The number of unbranched alkanes of at least 4 members (excludes halogenated alkanes) is 1. The van der Waals surface area contributed by atoms with Crippen molar-refractivity contribution < 1.29 is 13.9 Å². The van der Waals surface area contributed by atoms with Crippen LogP contribution in [0.15, 0.2) is 51.7 Å². The highest BCUT2D eigenvalue weighted by molar-refractivity contribution is 5.89. The predicted molar refractivity (Wildman–Crippen MR) is 133 cm³/mol. The fraction of sp³-hybridized carbons (Fsp3) is 0.357. The lowest BCUT2D eigenvalue weighted by molar-refractivity contribution is -0.138. The summed E-state index contributed by atoms with van der Waals surface area (Å²) in [7, 11) is 0. The summed E-state index contributed by atoms with van der Waals surface area (Å²) in [5.41, 5.74) is 5.47. The van der Waals surface area contributed by atoms with E-state index in [1.807, 2.05) is 36.1 Å². The molecule has 3 heterocycles. The van der Waals surface area contributed by atoms with Crippen molar-refractivity contribution >= 4 is 27.8 Å². The number of hydrogen-bond acceptors (Lipinski definition) is 4. The van der Waals surface area contributed by atoms with Crippen LogP contribution in [0, 0.1) is 6.92 Å². The van der Waals surface area contributed by atoms with Gasteiger partial charge in [0.1, 0.15) is 11.3 Å². The number of aromatic nitrogens is 1. The summed E-state index contributed by atoms with van der Waals surface area (Å²) in [6.07, 6.45) is 2.89. The number of rotatable bonds is 6. The van der Waals surface area contributed by atoms with Crippen LogP contribution in [0.2, 0.25) is 0 Å². The average Bonchev–Trinajstić information content (AvgIpc) is 3.19. The lowest BCUT2D eigenvalue weighted by atomic mass is 10.0. The lowest BCUT2D eigenvalue weighted by Gasteiger charge is -2.30. The molecular formula is C28H30N2O4. The van der Waals surface area contributed by atoms with Crippen molar-refractivity contribution in [1.29, 1.82) is 0 Å². The third-order valence-corrected chi connectivity index (χ3v) is 6.68. The third-order valence-electron chi connectivity index (χ3n) is 6.68. The minimum Gasteiger partial charge on any atom is -0.480 e. The van der Waals surface area contributed by atoms with Gasteiger partial charge >= 0.3 is 5.63 Å². The molecule has 0 unspecified atom stereocenters. The van der Waals surface area contributed by atoms with Crippen molar-refractivity contribution in [1.82, 2.24) is 9.88 Å². The molecule has 6 nitrogen and oxygen atoms in total. The number of aryl methyl sites for hydroxylation is 2. The van der Waals surface area contributed by atoms with Crippen LogP contribution in [-0.4, -0.2) is 28.4 Å². The summed E-state index contributed by atoms with van der Waals surface area (Å²) >= 11 is 0. The summed E-state index contributed by atoms with van der Waals surface area (Å²) in [6.45, 7) is 7.04. The van der Waals surface area contributed by atoms with Gasteiger partial charge in [0, 0.05) is 29.2 Å². The van der Waals surface area contributed by atoms with E-state index in [1.165, 1.54) is 10.9 Å². The molecule has 1 aliphatic heterocycles. The van der Waals surface area contributed by atoms with Gasteiger partial charge in [0.15, 0.2) is 6.10 Å². The fourth-order valence-corrected chi connectivity index (χ4v) is 5.01. The molecular weight excluding hydrogens is 428 g/mol. The molecule has 1 atom stereocenters. The normalized spacial score (nSPS) is 14.4. The molecule has 5 rings (SSSR count). The Hall–Kier alpha value is -3.54. The van der Waals surface area contributed by atoms with Crippen LogP contribution in [-0.2, 0) is 24.2 Å². The van der Waals surface area contributed by atoms with Crippen LogP contribution >= 0.6 is 0 Å². The quantitative estimate of drug-likeness (QED) is 0.399. The highest BCUT2D eigenvalue weighted by Crippen LogP contribution is 2.32. The third kappa shape index (κ3) is 4.09. The number of para-hydroxylation sites is 1. The molecule has 0 spiro atoms. The summed E-state index contributed by atoms with van der Waals surface area (Å²) in [5.74, 6) is 0.542. The van der Waals surface area contributed by atoms with Crippen molar-refractivity contribution in [2.24, 2.45) is 0 Å². The number of hydrogen-bond donors (Lipinski definition) is 1. The van der Waals surface area contributed by atoms with E-state index in [-0.39, 0.29) is 11.5 Å². The molecule has 2 aromatic carbocycles. The van der Waals surface area contributed by atoms with Crippen molar-refractivity contribution in [3.05, 3.63) is 75.3 Å². The predicted octanol–water partition coefficient (Wildman–Crippen LogP) is 5.28. The van der Waals surface area contributed by atoms with Crippen molar-refractivity contribution in [3.63, 3.8) is 0 Å². The molecule has 1 aliphatic rings. The van der Waals surface area contributed by atoms with E-state index in [0.717, 1.165) is 53.4 Å². The van der Waals surface area contributed by atoms with Crippen LogP contribution in [0.3, 0.4) is 0 Å². The molecule has 6 heteroatoms. The van der Waals surface area contributed by atoms with E-state index in [4.69, 9.17) is 9.15 Å². The summed E-state index contributed by atoms with van der Waals surface area (Å²) in [5, 5.41) is 2.02. The standard InChI is InChI=1S/C28H30N2O4/c1-4-5-8-19-15-26(31)34-25-14-17(2)13-24(27(19)25)33-18(3)28(32)30-12-11-21-20-9-6-7-10-22(20)29-23(21)16-30/h6-7,9-10,13-15,18,29H,4-5,8,11-12,16H2,1-3H3/t18-/m1/s1. The summed E-state index contributed by atoms with van der Waals surface area (Å²) < 4.78 is 11.8. The van der Waals surface area contributed by atoms with Crippen LogP contribution in [0.5, 0.6) is 5.75 Å². The Morgan fingerprint density at radius 3 is 2.88 bits per heavy atom. The van der Waals surface area contributed by atoms with E-state index in [9.17, 15) is 9.59 Å². The fourth-order valence-electron chi connectivity index (χ4n) is 5.01. The minimum absolute atomic E-state index is 0.0496. The van der Waals surface area contributed by atoms with E-state index in [1.54, 1.807) is 13.0 Å². The van der Waals surface area contributed by atoms with Gasteiger partial charge in [-0.2, -0.15) is 0 Å². The number of amides is 1. The molecule has 0 aliphatic carbocycles. The lowest BCUT2D eigenvalue weighted by Crippen LogP contribution is -2.43. The Balaban J connectivity index is 1.41. The zero-order valence-electron chi connectivity index (χ0n) is 19.9. The molecule has 0 saturated heterocycles. The first kappa shape index (κ1) is 22.3. The first-order valence-corrected chi connectivity index (χ1v) is 12.1. The highest BCUT2D eigenvalue weighted by atomic mass is 16.5. The Morgan fingerprint density at radius 2 is 2.06 bits per heavy atom. The van der Waals surface area contributed by atoms with E-state index in [0.29, 0.717) is 24.4 Å². The number of carbonyl (C=O) groups excluding carboxylic acids is 1. The van der Waals surface area contributed by atoms with E-state index >= 15 is 0 Å². The molecule has 1 amide bonds. The van der Waals surface area contributed by atoms with E-state index < -0.39 is 6.10 Å². The van der Waals surface area contributed by atoms with Crippen molar-refractivity contribution in [2.75, 3.05) is 6.54 Å². The van der Waals surface area contributed by atoms with Gasteiger partial charge in [-0.05, 0) is 68.0 Å². The summed E-state index contributed by atoms with van der Waals surface area (Å²) in [6, 6.07) is 13.6. The van der Waals surface area contributed by atoms with Crippen molar-refractivity contribution in [2.45, 2.75) is 59.1 Å². The molecule has 2 aromatic heterocycles. The van der Waals surface area contributed by atoms with E-state index in [2.05, 4.69) is 24.0 Å². The van der Waals surface area contributed by atoms with Gasteiger partial charge in [-0.1, -0.05) is 31.5 Å². The number of carbonyl (C=O) groups is 1. The van der Waals surface area contributed by atoms with Gasteiger partial charge in [0.05, 0.1) is 11.9 Å². The second-order valence-corrected chi connectivity index (χ2v) is 9.23. The second kappa shape index (κ2) is 9.01. The number of ether oxygens (including phenoxy) is 1. The Bertz CT molecular complexity index is 1430. The highest BCUT2D eigenvalue weighted by Gasteiger charge is 2.28. The molecule has 0 fully saturated rings. The maximum atomic E-state index is 13.4. The smallest absolute Gasteiger partial charge is 0.336 e. The number of fused-ring (bicyclic) bond motifs is 4. The number of benzene rings is 2. The van der Waals surface area contributed by atoms with Gasteiger partial charge in [-0.25, -0.2) is 4.79 Å². The summed E-state index contributed by atoms with van der Waals surface area (Å²) in [4.78, 5) is 30.8. The maximum Gasteiger partial charge on any atom is 0.336 e. The van der Waals surface area contributed by atoms with Gasteiger partial charge in [-0.3, -0.25) is 4.79 Å². The number of nitrogens with one attached hydrogen (secondary N) is 1. The Labute approximate surface area is 198 Å². The number of H-pyrrole nitrogens is 1. The van der Waals surface area contributed by atoms with Gasteiger partial charge in [-0.15, -0.1) is 0 Å². The number of nitrogens with zero attached hydrogens (tertiary/aromatic N) is 1. The van der Waals surface area contributed by atoms with Crippen molar-refractivity contribution in [3.8, 4) is 5.75 Å². The molecule has 0 radical (unpaired) electrons. The monoisotopic (exact) mass is 458 g/mol. The largest absolute Gasteiger partial charge is 0.480 e. The number of aromatic amines is 1. The van der Waals surface area contributed by atoms with Gasteiger partial charge in [0.25, 0.3) is 5.91 Å². The van der Waals surface area contributed by atoms with Crippen LogP contribution in [0.25, 0.3) is 21.9 Å².